The van der Waals surface area contributed by atoms with E-state index in [4.69, 9.17) is 0 Å². The number of benzene rings is 4. The molecule has 3 saturated carbocycles. The van der Waals surface area contributed by atoms with E-state index in [1.807, 2.05) is 12.1 Å². The first-order valence-corrected chi connectivity index (χ1v) is 15.9. The van der Waals surface area contributed by atoms with E-state index < -0.39 is 10.8 Å². The number of ketones is 2. The Bertz CT molecular complexity index is 1400. The van der Waals surface area contributed by atoms with Gasteiger partial charge in [0.25, 0.3) is 0 Å². The quantitative estimate of drug-likeness (QED) is 0.221. The van der Waals surface area contributed by atoms with Crippen LogP contribution in [0.4, 0.5) is 0 Å². The summed E-state index contributed by atoms with van der Waals surface area (Å²) < 4.78 is 0. The molecule has 4 aromatic carbocycles. The smallest absolute Gasteiger partial charge is 0.143 e. The minimum atomic E-state index is -0.442. The Labute approximate surface area is 250 Å². The summed E-state index contributed by atoms with van der Waals surface area (Å²) in [4.78, 5) is 29.6. The van der Waals surface area contributed by atoms with E-state index in [1.165, 1.54) is 22.3 Å². The molecular weight excluding hydrogens is 512 g/mol. The largest absolute Gasteiger partial charge is 0.299 e. The summed E-state index contributed by atoms with van der Waals surface area (Å²) in [5.41, 5.74) is 4.09. The maximum atomic E-state index is 14.8. The summed E-state index contributed by atoms with van der Waals surface area (Å²) in [6.07, 6.45) is 6.85. The number of hydrogen-bond donors (Lipinski definition) is 0. The highest BCUT2D eigenvalue weighted by atomic mass is 16.1. The third kappa shape index (κ3) is 4.47. The highest BCUT2D eigenvalue weighted by Gasteiger charge is 2.77. The van der Waals surface area contributed by atoms with Crippen molar-refractivity contribution < 1.29 is 9.59 Å². The predicted octanol–water partition coefficient (Wildman–Crippen LogP) is 8.13. The molecule has 0 aliphatic heterocycles. The van der Waals surface area contributed by atoms with Crippen molar-refractivity contribution in [1.29, 1.82) is 0 Å². The first kappa shape index (κ1) is 27.1. The van der Waals surface area contributed by atoms with Gasteiger partial charge in [-0.1, -0.05) is 121 Å². The van der Waals surface area contributed by atoms with Crippen LogP contribution in [0, 0.1) is 34.5 Å². The molecule has 2 nitrogen and oxygen atoms in total. The van der Waals surface area contributed by atoms with E-state index in [2.05, 4.69) is 109 Å². The van der Waals surface area contributed by atoms with E-state index in [9.17, 15) is 9.59 Å². The van der Waals surface area contributed by atoms with Crippen LogP contribution in [0.25, 0.3) is 0 Å². The van der Waals surface area contributed by atoms with Crippen molar-refractivity contribution in [2.45, 2.75) is 51.4 Å². The summed E-state index contributed by atoms with van der Waals surface area (Å²) >= 11 is 0. The van der Waals surface area contributed by atoms with Gasteiger partial charge in [0, 0.05) is 22.7 Å². The van der Waals surface area contributed by atoms with Gasteiger partial charge in [0.15, 0.2) is 0 Å². The fourth-order valence-corrected chi connectivity index (χ4v) is 9.40. The second-order valence-electron chi connectivity index (χ2n) is 13.1. The lowest BCUT2D eigenvalue weighted by atomic mass is 9.35. The molecule has 2 unspecified atom stereocenters. The van der Waals surface area contributed by atoms with Gasteiger partial charge >= 0.3 is 0 Å². The lowest BCUT2D eigenvalue weighted by Gasteiger charge is -2.66. The zero-order valence-corrected chi connectivity index (χ0v) is 24.3. The Kier molecular flexibility index (Phi) is 7.18. The van der Waals surface area contributed by atoms with Crippen molar-refractivity contribution in [2.75, 3.05) is 0 Å². The third-order valence-corrected chi connectivity index (χ3v) is 11.2. The van der Waals surface area contributed by atoms with Crippen molar-refractivity contribution in [3.05, 3.63) is 144 Å². The van der Waals surface area contributed by atoms with E-state index in [-0.39, 0.29) is 23.7 Å². The van der Waals surface area contributed by atoms with Crippen molar-refractivity contribution >= 4 is 11.6 Å². The van der Waals surface area contributed by atoms with Crippen LogP contribution in [0.2, 0.25) is 0 Å². The van der Waals surface area contributed by atoms with Gasteiger partial charge in [0.2, 0.25) is 0 Å². The minimum Gasteiger partial charge on any atom is -0.299 e. The van der Waals surface area contributed by atoms with Gasteiger partial charge in [-0.05, 0) is 85.5 Å². The Balaban J connectivity index is 1.29. The molecule has 2 heteroatoms. The van der Waals surface area contributed by atoms with Gasteiger partial charge in [-0.15, -0.1) is 0 Å². The van der Waals surface area contributed by atoms with E-state index >= 15 is 0 Å². The predicted molar refractivity (Wildman–Crippen MR) is 168 cm³/mol. The maximum absolute atomic E-state index is 14.8. The van der Waals surface area contributed by atoms with E-state index in [1.54, 1.807) is 0 Å². The average Bonchev–Trinajstić information content (AvgIpc) is 3.55. The van der Waals surface area contributed by atoms with Crippen LogP contribution < -0.4 is 0 Å². The molecule has 3 aliphatic rings. The van der Waals surface area contributed by atoms with Crippen LogP contribution in [0.5, 0.6) is 0 Å². The molecule has 0 amide bonds. The highest BCUT2D eigenvalue weighted by molar-refractivity contribution is 5.98. The van der Waals surface area contributed by atoms with Crippen LogP contribution in [0.3, 0.4) is 0 Å². The number of carbonyl (C=O) groups is 2. The molecule has 3 aliphatic carbocycles. The van der Waals surface area contributed by atoms with Crippen molar-refractivity contribution in [3.8, 4) is 0 Å². The summed E-state index contributed by atoms with van der Waals surface area (Å²) in [7, 11) is 0. The van der Waals surface area contributed by atoms with E-state index in [0.717, 1.165) is 51.4 Å². The lowest BCUT2D eigenvalue weighted by Crippen LogP contribution is -2.70. The molecule has 2 atom stereocenters. The van der Waals surface area contributed by atoms with Gasteiger partial charge in [-0.2, -0.15) is 0 Å². The molecular formula is C40H40O2. The number of Topliss-reactive ketones (excluding diaryl/α,β-unsaturated/α-hetero) is 2. The number of carbonyl (C=O) groups excluding carboxylic acids is 2. The molecule has 0 heterocycles. The SMILES string of the molecule is O=C1C(Cc2ccccc2)CCC12C(Cc1ccccc1)C1(CCC(Cc3ccccc3)C1=O)C2Cc1ccccc1. The van der Waals surface area contributed by atoms with Crippen LogP contribution >= 0.6 is 0 Å². The third-order valence-electron chi connectivity index (χ3n) is 11.2. The minimum absolute atomic E-state index is 0.0258. The lowest BCUT2D eigenvalue weighted by molar-refractivity contribution is -0.199. The second-order valence-corrected chi connectivity index (χ2v) is 13.1. The molecule has 2 spiro atoms. The molecule has 0 saturated heterocycles. The molecule has 3 fully saturated rings. The fraction of sp³-hybridized carbons (Fsp3) is 0.350. The monoisotopic (exact) mass is 552 g/mol. The Morgan fingerprint density at radius 3 is 1.02 bits per heavy atom. The van der Waals surface area contributed by atoms with Gasteiger partial charge < -0.3 is 0 Å². The van der Waals surface area contributed by atoms with Crippen molar-refractivity contribution in [1.82, 2.24) is 0 Å². The van der Waals surface area contributed by atoms with Gasteiger partial charge in [0.1, 0.15) is 11.6 Å². The number of hydrogen-bond acceptors (Lipinski definition) is 2. The first-order valence-electron chi connectivity index (χ1n) is 15.9. The fourth-order valence-electron chi connectivity index (χ4n) is 9.40. The normalized spacial score (nSPS) is 30.2. The molecule has 0 bridgehead atoms. The average molecular weight is 553 g/mol. The summed E-state index contributed by atoms with van der Waals surface area (Å²) in [5.74, 6) is 1.03. The van der Waals surface area contributed by atoms with Crippen molar-refractivity contribution in [2.24, 2.45) is 34.5 Å². The van der Waals surface area contributed by atoms with Gasteiger partial charge in [0.05, 0.1) is 0 Å². The molecule has 0 radical (unpaired) electrons. The maximum Gasteiger partial charge on any atom is 0.143 e. The molecule has 0 N–H and O–H groups in total. The molecule has 42 heavy (non-hydrogen) atoms. The van der Waals surface area contributed by atoms with Gasteiger partial charge in [-0.3, -0.25) is 9.59 Å². The second kappa shape index (κ2) is 11.1. The van der Waals surface area contributed by atoms with Crippen LogP contribution in [-0.4, -0.2) is 11.6 Å². The van der Waals surface area contributed by atoms with Crippen LogP contribution in [0.1, 0.15) is 47.9 Å². The number of rotatable bonds is 8. The van der Waals surface area contributed by atoms with Crippen LogP contribution in [0.15, 0.2) is 121 Å². The Morgan fingerprint density at radius 2 is 0.714 bits per heavy atom. The van der Waals surface area contributed by atoms with Crippen LogP contribution in [-0.2, 0) is 35.3 Å². The molecule has 4 aromatic rings. The standard InChI is InChI=1S/C40H40O2/c41-37-33(25-29-13-5-1-6-14-29)21-23-39(37)35(27-31-17-9-3-10-18-31)40(36(39)28-32-19-11-4-12-20-32)24-22-34(38(40)42)26-30-15-7-2-8-16-30/h1-20,33-36H,21-28H2. The zero-order valence-electron chi connectivity index (χ0n) is 24.3. The summed E-state index contributed by atoms with van der Waals surface area (Å²) in [6.45, 7) is 0. The summed E-state index contributed by atoms with van der Waals surface area (Å²) in [6, 6.07) is 42.2. The van der Waals surface area contributed by atoms with Crippen molar-refractivity contribution in [3.63, 3.8) is 0 Å². The first-order chi connectivity index (χ1) is 20.6. The molecule has 212 valence electrons. The Hall–Kier alpha value is -3.78. The van der Waals surface area contributed by atoms with Gasteiger partial charge in [-0.25, -0.2) is 0 Å². The highest BCUT2D eigenvalue weighted by Crippen LogP contribution is 2.75. The Morgan fingerprint density at radius 1 is 0.429 bits per heavy atom. The topological polar surface area (TPSA) is 34.1 Å². The zero-order chi connectivity index (χ0) is 28.6. The molecule has 7 rings (SSSR count). The molecule has 0 aromatic heterocycles. The summed E-state index contributed by atoms with van der Waals surface area (Å²) in [5, 5.41) is 0. The van der Waals surface area contributed by atoms with E-state index in [0.29, 0.717) is 11.6 Å².